The third-order valence-electron chi connectivity index (χ3n) is 5.02. The van der Waals surface area contributed by atoms with E-state index in [-0.39, 0.29) is 12.1 Å². The average Bonchev–Trinajstić information content (AvgIpc) is 3.05. The number of benzene rings is 1. The van der Waals surface area contributed by atoms with Crippen LogP contribution in [0.1, 0.15) is 44.2 Å². The van der Waals surface area contributed by atoms with Crippen LogP contribution in [0.25, 0.3) is 11.6 Å². The summed E-state index contributed by atoms with van der Waals surface area (Å²) in [6, 6.07) is 7.98. The molecule has 0 aromatic heterocycles. The van der Waals surface area contributed by atoms with E-state index < -0.39 is 0 Å². The van der Waals surface area contributed by atoms with Gasteiger partial charge >= 0.3 is 0 Å². The normalized spacial score (nSPS) is 22.1. The Balaban J connectivity index is 0.000000192. The van der Waals surface area contributed by atoms with Gasteiger partial charge in [0.25, 0.3) is 0 Å². The lowest BCUT2D eigenvalue weighted by molar-refractivity contribution is -0.145. The molecule has 0 radical (unpaired) electrons. The Morgan fingerprint density at radius 3 is 2.56 bits per heavy atom. The second-order valence-corrected chi connectivity index (χ2v) is 6.54. The second kappa shape index (κ2) is 7.38. The number of carbonyl (C=O) groups excluding carboxylic acids is 1. The number of rotatable bonds is 1. The van der Waals surface area contributed by atoms with Crippen molar-refractivity contribution >= 4 is 17.4 Å². The van der Waals surface area contributed by atoms with Gasteiger partial charge in [-0.25, -0.2) is 0 Å². The molecule has 1 fully saturated rings. The van der Waals surface area contributed by atoms with Crippen molar-refractivity contribution in [1.82, 2.24) is 0 Å². The molecule has 0 amide bonds. The van der Waals surface area contributed by atoms with Crippen LogP contribution in [-0.2, 0) is 14.3 Å². The summed E-state index contributed by atoms with van der Waals surface area (Å²) in [5.41, 5.74) is 12.4. The van der Waals surface area contributed by atoms with E-state index in [4.69, 9.17) is 15.2 Å². The molecule has 2 aliphatic carbocycles. The van der Waals surface area contributed by atoms with Gasteiger partial charge in [-0.05, 0) is 55.9 Å². The lowest BCUT2D eigenvalue weighted by atomic mass is 9.86. The molecule has 1 aromatic rings. The molecule has 25 heavy (non-hydrogen) atoms. The zero-order valence-corrected chi connectivity index (χ0v) is 15.1. The minimum absolute atomic E-state index is 0.0868. The summed E-state index contributed by atoms with van der Waals surface area (Å²) in [6.07, 6.45) is 5.54. The minimum Gasteiger partial charge on any atom is -0.398 e. The monoisotopic (exact) mass is 339 g/mol. The summed E-state index contributed by atoms with van der Waals surface area (Å²) in [6.45, 7) is 4.62. The zero-order chi connectivity index (χ0) is 18.0. The fourth-order valence-electron chi connectivity index (χ4n) is 3.35. The molecule has 1 aromatic carbocycles. The molecule has 1 unspecified atom stereocenters. The molecule has 1 heterocycles. The summed E-state index contributed by atoms with van der Waals surface area (Å²) >= 11 is 0. The van der Waals surface area contributed by atoms with Crippen molar-refractivity contribution < 1.29 is 14.3 Å². The van der Waals surface area contributed by atoms with Crippen molar-refractivity contribution in [2.24, 2.45) is 5.73 Å². The maximum Gasteiger partial charge on any atom is 0.189 e. The van der Waals surface area contributed by atoms with Gasteiger partial charge in [0.1, 0.15) is 0 Å². The highest BCUT2D eigenvalue weighted by Gasteiger charge is 2.31. The number of allylic oxidation sites excluding steroid dienone is 4. The molecule has 1 saturated heterocycles. The van der Waals surface area contributed by atoms with Crippen LogP contribution in [0, 0.1) is 0 Å². The van der Waals surface area contributed by atoms with E-state index in [1.54, 1.807) is 7.11 Å². The molecule has 3 aliphatic rings. The molecule has 1 atom stereocenters. The number of Topliss-reactive ketones (excluding diaryl/α,β-unsaturated/α-hetero) is 1. The summed E-state index contributed by atoms with van der Waals surface area (Å²) in [4.78, 5) is 12.2. The maximum absolute atomic E-state index is 12.2. The Morgan fingerprint density at radius 1 is 1.16 bits per heavy atom. The first-order chi connectivity index (χ1) is 12.0. The number of hydrogen-bond acceptors (Lipinski definition) is 4. The van der Waals surface area contributed by atoms with E-state index in [0.717, 1.165) is 52.1 Å². The lowest BCUT2D eigenvalue weighted by Crippen LogP contribution is -2.20. The molecule has 4 heteroatoms. The van der Waals surface area contributed by atoms with Gasteiger partial charge in [-0.3, -0.25) is 4.79 Å². The number of hydrogen-bond donors (Lipinski definition) is 1. The second-order valence-electron chi connectivity index (χ2n) is 6.54. The van der Waals surface area contributed by atoms with Crippen LogP contribution in [0.3, 0.4) is 0 Å². The lowest BCUT2D eigenvalue weighted by Gasteiger charge is -2.20. The number of ketones is 1. The quantitative estimate of drug-likeness (QED) is 0.844. The zero-order valence-electron chi connectivity index (χ0n) is 15.1. The third-order valence-corrected chi connectivity index (χ3v) is 5.02. The fourth-order valence-corrected chi connectivity index (χ4v) is 3.35. The van der Waals surface area contributed by atoms with Crippen LogP contribution >= 0.6 is 0 Å². The van der Waals surface area contributed by atoms with Crippen LogP contribution in [0.4, 0.5) is 0 Å². The van der Waals surface area contributed by atoms with Crippen LogP contribution in [0.5, 0.6) is 0 Å². The first-order valence-corrected chi connectivity index (χ1v) is 8.72. The Labute approximate surface area is 149 Å². The SMILES string of the molecule is CC1=C(C)C(N)=C2C(=Cc3ccccc32)C1=O.COC1CCCCO1. The molecule has 0 bridgehead atoms. The van der Waals surface area contributed by atoms with E-state index in [1.807, 2.05) is 44.2 Å². The molecule has 0 spiro atoms. The van der Waals surface area contributed by atoms with Crippen LogP contribution in [0.15, 0.2) is 46.7 Å². The van der Waals surface area contributed by atoms with Crippen molar-refractivity contribution in [3.05, 3.63) is 57.8 Å². The standard InChI is InChI=1S/C15H13NO.C6H12O2/c1-8-9(2)15(17)12-7-10-5-3-4-6-11(10)13(12)14(8)16;1-7-6-4-2-3-5-8-6/h3-7H,16H2,1-2H3;6H,2-5H2,1H3. The van der Waals surface area contributed by atoms with Crippen molar-refractivity contribution in [2.75, 3.05) is 13.7 Å². The molecular formula is C21H25NO3. The van der Waals surface area contributed by atoms with E-state index >= 15 is 0 Å². The van der Waals surface area contributed by atoms with E-state index in [9.17, 15) is 4.79 Å². The van der Waals surface area contributed by atoms with E-state index in [1.165, 1.54) is 12.8 Å². The number of carbonyl (C=O) groups is 1. The van der Waals surface area contributed by atoms with Gasteiger partial charge in [-0.15, -0.1) is 0 Å². The molecule has 2 N–H and O–H groups in total. The average molecular weight is 339 g/mol. The Bertz CT molecular complexity index is 780. The predicted molar refractivity (Wildman–Crippen MR) is 99.5 cm³/mol. The van der Waals surface area contributed by atoms with Gasteiger partial charge in [0.15, 0.2) is 12.1 Å². The molecule has 0 saturated carbocycles. The molecule has 4 rings (SSSR count). The van der Waals surface area contributed by atoms with Gasteiger partial charge in [0.2, 0.25) is 0 Å². The predicted octanol–water partition coefficient (Wildman–Crippen LogP) is 3.83. The number of ether oxygens (including phenoxy) is 2. The largest absolute Gasteiger partial charge is 0.398 e. The number of methoxy groups -OCH3 is 1. The van der Waals surface area contributed by atoms with Gasteiger partial charge in [-0.1, -0.05) is 24.3 Å². The van der Waals surface area contributed by atoms with Gasteiger partial charge in [0.05, 0.1) is 0 Å². The van der Waals surface area contributed by atoms with Crippen LogP contribution < -0.4 is 5.73 Å². The Hall–Kier alpha value is -2.17. The van der Waals surface area contributed by atoms with E-state index in [0.29, 0.717) is 0 Å². The van der Waals surface area contributed by atoms with Crippen molar-refractivity contribution in [1.29, 1.82) is 0 Å². The summed E-state index contributed by atoms with van der Waals surface area (Å²) in [7, 11) is 1.69. The summed E-state index contributed by atoms with van der Waals surface area (Å²) in [5, 5.41) is 0. The van der Waals surface area contributed by atoms with Gasteiger partial charge < -0.3 is 15.2 Å². The maximum atomic E-state index is 12.2. The molecule has 1 aliphatic heterocycles. The molecule has 132 valence electrons. The van der Waals surface area contributed by atoms with Gasteiger partial charge in [-0.2, -0.15) is 0 Å². The number of fused-ring (bicyclic) bond motifs is 3. The smallest absolute Gasteiger partial charge is 0.189 e. The van der Waals surface area contributed by atoms with Crippen molar-refractivity contribution in [2.45, 2.75) is 39.4 Å². The third kappa shape index (κ3) is 3.32. The van der Waals surface area contributed by atoms with Gasteiger partial charge in [0, 0.05) is 36.1 Å². The van der Waals surface area contributed by atoms with E-state index in [2.05, 4.69) is 0 Å². The minimum atomic E-state index is 0.0868. The highest BCUT2D eigenvalue weighted by Crippen LogP contribution is 2.42. The van der Waals surface area contributed by atoms with Crippen LogP contribution in [-0.4, -0.2) is 25.8 Å². The molecule has 4 nitrogen and oxygen atoms in total. The fraction of sp³-hybridized carbons (Fsp3) is 0.381. The first-order valence-electron chi connectivity index (χ1n) is 8.72. The summed E-state index contributed by atoms with van der Waals surface area (Å²) < 4.78 is 10.2. The Kier molecular flexibility index (Phi) is 5.21. The summed E-state index contributed by atoms with van der Waals surface area (Å²) in [5.74, 6) is 0.0999. The highest BCUT2D eigenvalue weighted by molar-refractivity contribution is 6.26. The number of nitrogens with two attached hydrogens (primary N) is 1. The molecular weight excluding hydrogens is 314 g/mol. The first kappa shape index (κ1) is 17.6. The van der Waals surface area contributed by atoms with Crippen molar-refractivity contribution in [3.8, 4) is 0 Å². The highest BCUT2D eigenvalue weighted by atomic mass is 16.7. The van der Waals surface area contributed by atoms with Crippen molar-refractivity contribution in [3.63, 3.8) is 0 Å². The van der Waals surface area contributed by atoms with Crippen LogP contribution in [0.2, 0.25) is 0 Å². The Morgan fingerprint density at radius 2 is 1.92 bits per heavy atom. The topological polar surface area (TPSA) is 61.6 Å².